The average Bonchev–Trinajstić information content (AvgIpc) is 3.09. The Morgan fingerprint density at radius 2 is 2.21 bits per heavy atom. The predicted molar refractivity (Wildman–Crippen MR) is 95.1 cm³/mol. The van der Waals surface area contributed by atoms with Crippen molar-refractivity contribution in [3.8, 4) is 0 Å². The Labute approximate surface area is 143 Å². The van der Waals surface area contributed by atoms with E-state index >= 15 is 0 Å². The van der Waals surface area contributed by atoms with Crippen LogP contribution in [0.1, 0.15) is 28.0 Å². The lowest BCUT2D eigenvalue weighted by Gasteiger charge is -2.15. The van der Waals surface area contributed by atoms with E-state index in [0.717, 1.165) is 34.0 Å². The van der Waals surface area contributed by atoms with E-state index in [1.54, 1.807) is 18.0 Å². The molecule has 0 saturated heterocycles. The number of rotatable bonds is 5. The molecular weight excluding hydrogens is 327 g/mol. The monoisotopic (exact) mass is 346 g/mol. The molecule has 2 aromatic heterocycles. The van der Waals surface area contributed by atoms with E-state index in [9.17, 15) is 9.18 Å². The summed E-state index contributed by atoms with van der Waals surface area (Å²) >= 11 is 1.36. The molecule has 24 heavy (non-hydrogen) atoms. The number of H-pyrrole nitrogens is 1. The maximum Gasteiger partial charge on any atom is 0.266 e. The summed E-state index contributed by atoms with van der Waals surface area (Å²) in [5, 5.41) is 4.69. The number of amides is 1. The fourth-order valence-electron chi connectivity index (χ4n) is 2.57. The molecule has 0 saturated carbocycles. The van der Waals surface area contributed by atoms with Crippen LogP contribution >= 0.6 is 11.3 Å². The van der Waals surface area contributed by atoms with Crippen molar-refractivity contribution in [2.24, 2.45) is 0 Å². The van der Waals surface area contributed by atoms with Gasteiger partial charge in [0, 0.05) is 30.2 Å². The van der Waals surface area contributed by atoms with Crippen molar-refractivity contribution in [2.75, 3.05) is 18.9 Å². The van der Waals surface area contributed by atoms with E-state index in [-0.39, 0.29) is 11.7 Å². The van der Waals surface area contributed by atoms with Crippen LogP contribution in [0, 0.1) is 12.7 Å². The van der Waals surface area contributed by atoms with Crippen LogP contribution < -0.4 is 5.32 Å². The maximum absolute atomic E-state index is 13.3. The van der Waals surface area contributed by atoms with Gasteiger partial charge in [-0.15, -0.1) is 0 Å². The van der Waals surface area contributed by atoms with Crippen molar-refractivity contribution in [3.63, 3.8) is 0 Å². The Morgan fingerprint density at radius 3 is 2.96 bits per heavy atom. The highest BCUT2D eigenvalue weighted by Gasteiger charge is 2.19. The molecule has 2 heterocycles. The van der Waals surface area contributed by atoms with Crippen molar-refractivity contribution in [3.05, 3.63) is 46.3 Å². The van der Waals surface area contributed by atoms with Gasteiger partial charge in [-0.3, -0.25) is 4.79 Å². The first-order chi connectivity index (χ1) is 11.5. The average molecular weight is 346 g/mol. The summed E-state index contributed by atoms with van der Waals surface area (Å²) in [6.45, 7) is 5.01. The molecule has 0 atom stereocenters. The van der Waals surface area contributed by atoms with Gasteiger partial charge in [-0.25, -0.2) is 9.37 Å². The van der Waals surface area contributed by atoms with Gasteiger partial charge in [-0.05, 0) is 38.1 Å². The van der Waals surface area contributed by atoms with Gasteiger partial charge in [-0.2, -0.15) is 0 Å². The molecular formula is C17H19FN4OS. The minimum absolute atomic E-state index is 0.0704. The molecule has 3 rings (SSSR count). The smallest absolute Gasteiger partial charge is 0.266 e. The highest BCUT2D eigenvalue weighted by atomic mass is 32.1. The van der Waals surface area contributed by atoms with E-state index in [0.29, 0.717) is 11.4 Å². The third-order valence-corrected chi connectivity index (χ3v) is 4.81. The second-order valence-electron chi connectivity index (χ2n) is 5.65. The van der Waals surface area contributed by atoms with Crippen LogP contribution in [0.3, 0.4) is 0 Å². The van der Waals surface area contributed by atoms with E-state index in [2.05, 4.69) is 15.3 Å². The number of carbonyl (C=O) groups is 1. The van der Waals surface area contributed by atoms with E-state index in [1.165, 1.54) is 23.5 Å². The lowest BCUT2D eigenvalue weighted by Crippen LogP contribution is -2.26. The largest absolute Gasteiger partial charge is 0.362 e. The number of nitrogens with zero attached hydrogens (tertiary/aromatic N) is 2. The number of fused-ring (bicyclic) bond motifs is 1. The molecule has 0 unspecified atom stereocenters. The highest BCUT2D eigenvalue weighted by Crippen LogP contribution is 2.24. The molecule has 0 aliphatic carbocycles. The molecule has 126 valence electrons. The standard InChI is InChI=1S/C17H19FN4OS/c1-4-19-17-20-10(2)15(24-17)16(23)22(3)9-13-8-11-7-12(18)5-6-14(11)21-13/h5-8,21H,4,9H2,1-3H3,(H,19,20). The summed E-state index contributed by atoms with van der Waals surface area (Å²) in [4.78, 5) is 22.5. The van der Waals surface area contributed by atoms with Gasteiger partial charge >= 0.3 is 0 Å². The molecule has 2 N–H and O–H groups in total. The summed E-state index contributed by atoms with van der Waals surface area (Å²) in [7, 11) is 1.75. The Kier molecular flexibility index (Phi) is 4.53. The molecule has 3 aromatic rings. The van der Waals surface area contributed by atoms with Crippen molar-refractivity contribution < 1.29 is 9.18 Å². The zero-order chi connectivity index (χ0) is 17.3. The molecule has 5 nitrogen and oxygen atoms in total. The number of nitrogens with one attached hydrogen (secondary N) is 2. The number of halogens is 1. The first-order valence-electron chi connectivity index (χ1n) is 7.72. The van der Waals surface area contributed by atoms with Crippen LogP contribution in [0.4, 0.5) is 9.52 Å². The van der Waals surface area contributed by atoms with Gasteiger partial charge in [0.05, 0.1) is 12.2 Å². The number of carbonyl (C=O) groups excluding carboxylic acids is 1. The molecule has 7 heteroatoms. The fraction of sp³-hybridized carbons (Fsp3) is 0.294. The Balaban J connectivity index is 1.77. The molecule has 1 aromatic carbocycles. The Bertz CT molecular complexity index is 886. The van der Waals surface area contributed by atoms with E-state index in [1.807, 2.05) is 19.9 Å². The number of aromatic nitrogens is 2. The molecule has 0 fully saturated rings. The van der Waals surface area contributed by atoms with E-state index < -0.39 is 0 Å². The number of hydrogen-bond acceptors (Lipinski definition) is 4. The number of aromatic amines is 1. The van der Waals surface area contributed by atoms with Gasteiger partial charge in [0.25, 0.3) is 5.91 Å². The summed E-state index contributed by atoms with van der Waals surface area (Å²) in [5.74, 6) is -0.340. The van der Waals surface area contributed by atoms with Gasteiger partial charge in [-0.1, -0.05) is 11.3 Å². The number of benzene rings is 1. The molecule has 0 aliphatic rings. The number of aryl methyl sites for hydroxylation is 1. The van der Waals surface area contributed by atoms with Crippen molar-refractivity contribution in [1.29, 1.82) is 0 Å². The molecule has 0 bridgehead atoms. The summed E-state index contributed by atoms with van der Waals surface area (Å²) in [6, 6.07) is 6.46. The SMILES string of the molecule is CCNc1nc(C)c(C(=O)N(C)Cc2cc3cc(F)ccc3[nH]2)s1. The number of thiazole rings is 1. The van der Waals surface area contributed by atoms with Crippen LogP contribution in [-0.4, -0.2) is 34.4 Å². The second kappa shape index (κ2) is 6.60. The van der Waals surface area contributed by atoms with Crippen LogP contribution in [-0.2, 0) is 6.54 Å². The Hall–Kier alpha value is -2.41. The first-order valence-corrected chi connectivity index (χ1v) is 8.53. The van der Waals surface area contributed by atoms with Gasteiger partial charge in [0.15, 0.2) is 5.13 Å². The topological polar surface area (TPSA) is 61.0 Å². The van der Waals surface area contributed by atoms with Crippen LogP contribution in [0.15, 0.2) is 24.3 Å². The third-order valence-electron chi connectivity index (χ3n) is 3.71. The maximum atomic E-state index is 13.3. The predicted octanol–water partition coefficient (Wildman–Crippen LogP) is 3.78. The zero-order valence-electron chi connectivity index (χ0n) is 13.8. The molecule has 0 spiro atoms. The highest BCUT2D eigenvalue weighted by molar-refractivity contribution is 7.17. The first kappa shape index (κ1) is 16.4. The lowest BCUT2D eigenvalue weighted by atomic mass is 10.2. The van der Waals surface area contributed by atoms with Gasteiger partial charge < -0.3 is 15.2 Å². The van der Waals surface area contributed by atoms with E-state index in [4.69, 9.17) is 0 Å². The summed E-state index contributed by atoms with van der Waals surface area (Å²) < 4.78 is 13.3. The minimum Gasteiger partial charge on any atom is -0.362 e. The summed E-state index contributed by atoms with van der Waals surface area (Å²) in [5.41, 5.74) is 2.45. The molecule has 1 amide bonds. The normalized spacial score (nSPS) is 11.0. The van der Waals surface area contributed by atoms with Crippen molar-refractivity contribution >= 4 is 33.3 Å². The van der Waals surface area contributed by atoms with Gasteiger partial charge in [0.2, 0.25) is 0 Å². The van der Waals surface area contributed by atoms with Crippen LogP contribution in [0.5, 0.6) is 0 Å². The quantitative estimate of drug-likeness (QED) is 0.739. The number of hydrogen-bond donors (Lipinski definition) is 2. The third kappa shape index (κ3) is 3.26. The van der Waals surface area contributed by atoms with Crippen LogP contribution in [0.25, 0.3) is 10.9 Å². The van der Waals surface area contributed by atoms with Crippen molar-refractivity contribution in [2.45, 2.75) is 20.4 Å². The molecule has 0 aliphatic heterocycles. The number of anilines is 1. The minimum atomic E-state index is -0.270. The lowest BCUT2D eigenvalue weighted by molar-refractivity contribution is 0.0787. The van der Waals surface area contributed by atoms with Crippen LogP contribution in [0.2, 0.25) is 0 Å². The fourth-order valence-corrected chi connectivity index (χ4v) is 3.60. The summed E-state index contributed by atoms with van der Waals surface area (Å²) in [6.07, 6.45) is 0. The van der Waals surface area contributed by atoms with Crippen molar-refractivity contribution in [1.82, 2.24) is 14.9 Å². The molecule has 0 radical (unpaired) electrons. The Morgan fingerprint density at radius 1 is 1.42 bits per heavy atom. The second-order valence-corrected chi connectivity index (χ2v) is 6.65. The van der Waals surface area contributed by atoms with Gasteiger partial charge in [0.1, 0.15) is 10.7 Å². The zero-order valence-corrected chi connectivity index (χ0v) is 14.6.